The van der Waals surface area contributed by atoms with E-state index in [1.165, 1.54) is 11.6 Å². The van der Waals surface area contributed by atoms with E-state index in [-0.39, 0.29) is 41.6 Å². The third-order valence-corrected chi connectivity index (χ3v) is 3.49. The summed E-state index contributed by atoms with van der Waals surface area (Å²) in [6.45, 7) is 3.20. The predicted octanol–water partition coefficient (Wildman–Crippen LogP) is 3.62. The van der Waals surface area contributed by atoms with E-state index in [2.05, 4.69) is 27.8 Å². The van der Waals surface area contributed by atoms with Gasteiger partial charge in [-0.15, -0.1) is 24.0 Å². The van der Waals surface area contributed by atoms with Crippen molar-refractivity contribution in [2.24, 2.45) is 4.99 Å². The maximum Gasteiger partial charge on any atom is 0.191 e. The Kier molecular flexibility index (Phi) is 9.91. The van der Waals surface area contributed by atoms with Crippen LogP contribution in [-0.4, -0.2) is 32.2 Å². The van der Waals surface area contributed by atoms with Crippen LogP contribution in [0.3, 0.4) is 0 Å². The fourth-order valence-electron chi connectivity index (χ4n) is 2.23. The molecule has 0 fully saturated rings. The van der Waals surface area contributed by atoms with E-state index in [4.69, 9.17) is 4.74 Å². The molecule has 0 bridgehead atoms. The molecular formula is C19H25FIN3O. The number of aliphatic imine (C=N–C) groups is 1. The van der Waals surface area contributed by atoms with Gasteiger partial charge in [0.25, 0.3) is 0 Å². The number of ether oxygens (including phenoxy) is 1. The van der Waals surface area contributed by atoms with Crippen molar-refractivity contribution in [3.05, 3.63) is 66.0 Å². The summed E-state index contributed by atoms with van der Waals surface area (Å²) < 4.78 is 19.2. The lowest BCUT2D eigenvalue weighted by Gasteiger charge is -2.18. The summed E-state index contributed by atoms with van der Waals surface area (Å²) in [4.78, 5) is 4.18. The van der Waals surface area contributed by atoms with E-state index >= 15 is 0 Å². The SMILES string of the molecule is CN=C(NCCc1ccccc1)NCC(C)Oc1ccccc1F.I. The Morgan fingerprint density at radius 3 is 2.44 bits per heavy atom. The minimum atomic E-state index is -0.352. The molecule has 0 amide bonds. The van der Waals surface area contributed by atoms with E-state index in [0.717, 1.165) is 13.0 Å². The highest BCUT2D eigenvalue weighted by Gasteiger charge is 2.08. The highest BCUT2D eigenvalue weighted by Crippen LogP contribution is 2.16. The molecule has 2 N–H and O–H groups in total. The normalized spacial score (nSPS) is 12.0. The molecule has 0 aromatic heterocycles. The summed E-state index contributed by atoms with van der Waals surface area (Å²) in [6.07, 6.45) is 0.734. The van der Waals surface area contributed by atoms with Crippen LogP contribution in [0, 0.1) is 5.82 Å². The van der Waals surface area contributed by atoms with Gasteiger partial charge in [-0.25, -0.2) is 4.39 Å². The summed E-state index contributed by atoms with van der Waals surface area (Å²) >= 11 is 0. The minimum Gasteiger partial charge on any atom is -0.486 e. The van der Waals surface area contributed by atoms with Crippen LogP contribution in [0.25, 0.3) is 0 Å². The zero-order valence-electron chi connectivity index (χ0n) is 14.5. The van der Waals surface area contributed by atoms with Crippen LogP contribution < -0.4 is 15.4 Å². The quantitative estimate of drug-likeness (QED) is 0.380. The number of halogens is 2. The molecule has 1 unspecified atom stereocenters. The molecule has 0 saturated carbocycles. The largest absolute Gasteiger partial charge is 0.486 e. The van der Waals surface area contributed by atoms with Crippen LogP contribution >= 0.6 is 24.0 Å². The fourth-order valence-corrected chi connectivity index (χ4v) is 2.23. The lowest BCUT2D eigenvalue weighted by atomic mass is 10.1. The molecule has 0 aliphatic heterocycles. The summed E-state index contributed by atoms with van der Waals surface area (Å²) in [6, 6.07) is 16.7. The first-order valence-corrected chi connectivity index (χ1v) is 8.08. The van der Waals surface area contributed by atoms with E-state index in [1.54, 1.807) is 25.2 Å². The Balaban J connectivity index is 0.00000312. The number of hydrogen-bond donors (Lipinski definition) is 2. The van der Waals surface area contributed by atoms with Crippen LogP contribution in [-0.2, 0) is 6.42 Å². The monoisotopic (exact) mass is 457 g/mol. The summed E-state index contributed by atoms with van der Waals surface area (Å²) in [5.74, 6) is 0.614. The molecule has 0 aliphatic rings. The molecule has 4 nitrogen and oxygen atoms in total. The van der Waals surface area contributed by atoms with Crippen molar-refractivity contribution < 1.29 is 9.13 Å². The van der Waals surface area contributed by atoms with Crippen molar-refractivity contribution >= 4 is 29.9 Å². The Hall–Kier alpha value is -1.83. The topological polar surface area (TPSA) is 45.7 Å². The Morgan fingerprint density at radius 1 is 1.08 bits per heavy atom. The van der Waals surface area contributed by atoms with Gasteiger partial charge in [-0.05, 0) is 31.0 Å². The van der Waals surface area contributed by atoms with Crippen LogP contribution in [0.1, 0.15) is 12.5 Å². The van der Waals surface area contributed by atoms with Gasteiger partial charge in [0.1, 0.15) is 6.10 Å². The smallest absolute Gasteiger partial charge is 0.191 e. The maximum absolute atomic E-state index is 13.6. The molecule has 6 heteroatoms. The Bertz CT molecular complexity index is 652. The van der Waals surface area contributed by atoms with E-state index in [9.17, 15) is 4.39 Å². The van der Waals surface area contributed by atoms with Gasteiger partial charge in [0.05, 0.1) is 6.54 Å². The Labute approximate surface area is 165 Å². The van der Waals surface area contributed by atoms with Crippen LogP contribution in [0.2, 0.25) is 0 Å². The minimum absolute atomic E-state index is 0. The van der Waals surface area contributed by atoms with E-state index < -0.39 is 0 Å². The molecule has 2 aromatic rings. The molecule has 0 spiro atoms. The lowest BCUT2D eigenvalue weighted by Crippen LogP contribution is -2.42. The number of rotatable bonds is 7. The lowest BCUT2D eigenvalue weighted by molar-refractivity contribution is 0.214. The van der Waals surface area contributed by atoms with Gasteiger partial charge < -0.3 is 15.4 Å². The standard InChI is InChI=1S/C19H24FN3O.HI/c1-15(24-18-11-7-6-10-17(18)20)14-23-19(21-2)22-13-12-16-8-4-3-5-9-16;/h3-11,15H,12-14H2,1-2H3,(H2,21,22,23);1H. The van der Waals surface area contributed by atoms with Gasteiger partial charge in [0.15, 0.2) is 17.5 Å². The number of guanidine groups is 1. The highest BCUT2D eigenvalue weighted by atomic mass is 127. The third kappa shape index (κ3) is 7.72. The molecule has 0 saturated heterocycles. The third-order valence-electron chi connectivity index (χ3n) is 3.49. The predicted molar refractivity (Wildman–Crippen MR) is 111 cm³/mol. The molecule has 25 heavy (non-hydrogen) atoms. The molecule has 2 aromatic carbocycles. The van der Waals surface area contributed by atoms with Crippen LogP contribution in [0.4, 0.5) is 4.39 Å². The number of benzene rings is 2. The number of para-hydroxylation sites is 1. The number of nitrogens with zero attached hydrogens (tertiary/aromatic N) is 1. The molecule has 0 heterocycles. The van der Waals surface area contributed by atoms with Gasteiger partial charge >= 0.3 is 0 Å². The fraction of sp³-hybridized carbons (Fsp3) is 0.316. The number of hydrogen-bond acceptors (Lipinski definition) is 2. The van der Waals surface area contributed by atoms with Crippen LogP contribution in [0.5, 0.6) is 5.75 Å². The van der Waals surface area contributed by atoms with Gasteiger partial charge in [0, 0.05) is 13.6 Å². The maximum atomic E-state index is 13.6. The molecule has 2 rings (SSSR count). The summed E-state index contributed by atoms with van der Waals surface area (Å²) in [5.41, 5.74) is 1.27. The van der Waals surface area contributed by atoms with Crippen LogP contribution in [0.15, 0.2) is 59.6 Å². The molecule has 136 valence electrons. The van der Waals surface area contributed by atoms with Gasteiger partial charge in [0.2, 0.25) is 0 Å². The average Bonchev–Trinajstić information content (AvgIpc) is 2.61. The van der Waals surface area contributed by atoms with E-state index in [1.807, 2.05) is 25.1 Å². The molecule has 0 aliphatic carbocycles. The van der Waals surface area contributed by atoms with Crippen molar-refractivity contribution in [2.45, 2.75) is 19.4 Å². The zero-order chi connectivity index (χ0) is 17.2. The summed E-state index contributed by atoms with van der Waals surface area (Å²) in [7, 11) is 1.72. The van der Waals surface area contributed by atoms with E-state index in [0.29, 0.717) is 12.5 Å². The van der Waals surface area contributed by atoms with Crippen molar-refractivity contribution in [1.82, 2.24) is 10.6 Å². The van der Waals surface area contributed by atoms with Gasteiger partial charge in [-0.1, -0.05) is 42.5 Å². The van der Waals surface area contributed by atoms with Gasteiger partial charge in [-0.2, -0.15) is 0 Å². The van der Waals surface area contributed by atoms with Crippen molar-refractivity contribution in [2.75, 3.05) is 20.1 Å². The summed E-state index contributed by atoms with van der Waals surface area (Å²) in [5, 5.41) is 6.44. The first-order chi connectivity index (χ1) is 11.7. The first-order valence-electron chi connectivity index (χ1n) is 8.08. The van der Waals surface area contributed by atoms with Crippen molar-refractivity contribution in [1.29, 1.82) is 0 Å². The second-order valence-electron chi connectivity index (χ2n) is 5.47. The molecule has 0 radical (unpaired) electrons. The van der Waals surface area contributed by atoms with Crippen molar-refractivity contribution in [3.63, 3.8) is 0 Å². The zero-order valence-corrected chi connectivity index (χ0v) is 16.9. The second-order valence-corrected chi connectivity index (χ2v) is 5.47. The second kappa shape index (κ2) is 11.7. The average molecular weight is 457 g/mol. The van der Waals surface area contributed by atoms with Crippen molar-refractivity contribution in [3.8, 4) is 5.75 Å². The molecular weight excluding hydrogens is 432 g/mol. The van der Waals surface area contributed by atoms with Gasteiger partial charge in [-0.3, -0.25) is 4.99 Å². The Morgan fingerprint density at radius 2 is 1.76 bits per heavy atom. The first kappa shape index (κ1) is 21.2. The highest BCUT2D eigenvalue weighted by molar-refractivity contribution is 14.0. The molecule has 1 atom stereocenters. The number of nitrogens with one attached hydrogen (secondary N) is 2.